The summed E-state index contributed by atoms with van der Waals surface area (Å²) in [5, 5.41) is 2.61. The highest BCUT2D eigenvalue weighted by molar-refractivity contribution is 7.85. The van der Waals surface area contributed by atoms with Gasteiger partial charge in [-0.15, -0.1) is 0 Å². The molecule has 2 rings (SSSR count). The lowest BCUT2D eigenvalue weighted by Gasteiger charge is -2.24. The molecule has 0 aromatic heterocycles. The minimum Gasteiger partial charge on any atom is -0.352 e. The fraction of sp³-hybridized carbons (Fsp3) is 0.588. The number of hydrogen-bond donors (Lipinski definition) is 1. The maximum absolute atomic E-state index is 12.4. The van der Waals surface area contributed by atoms with Crippen LogP contribution in [0, 0.1) is 6.92 Å². The maximum Gasteiger partial charge on any atom is 0.235 e. The molecule has 2 atom stereocenters. The average molecular weight is 307 g/mol. The van der Waals surface area contributed by atoms with Gasteiger partial charge in [-0.05, 0) is 32.3 Å². The predicted molar refractivity (Wildman–Crippen MR) is 87.5 cm³/mol. The summed E-state index contributed by atoms with van der Waals surface area (Å²) in [6.45, 7) is 3.79. The van der Waals surface area contributed by atoms with Crippen LogP contribution in [0.5, 0.6) is 0 Å². The Morgan fingerprint density at radius 2 is 2.05 bits per heavy atom. The van der Waals surface area contributed by atoms with Crippen LogP contribution in [0.25, 0.3) is 0 Å². The lowest BCUT2D eigenvalue weighted by Crippen LogP contribution is -2.42. The van der Waals surface area contributed by atoms with Crippen LogP contribution in [0.4, 0.5) is 0 Å². The van der Waals surface area contributed by atoms with Gasteiger partial charge in [0.25, 0.3) is 0 Å². The molecular formula is C17H25NO2S. The summed E-state index contributed by atoms with van der Waals surface area (Å²) >= 11 is 0. The molecule has 1 saturated carbocycles. The van der Waals surface area contributed by atoms with E-state index in [0.717, 1.165) is 24.0 Å². The van der Waals surface area contributed by atoms with E-state index < -0.39 is 16.0 Å². The monoisotopic (exact) mass is 307 g/mol. The molecule has 0 radical (unpaired) electrons. The molecular weight excluding hydrogens is 282 g/mol. The van der Waals surface area contributed by atoms with Crippen LogP contribution in [0.15, 0.2) is 24.3 Å². The third-order valence-electron chi connectivity index (χ3n) is 4.11. The number of benzene rings is 1. The molecule has 1 N–H and O–H groups in total. The molecule has 1 amide bonds. The molecule has 1 aromatic rings. The van der Waals surface area contributed by atoms with Crippen LogP contribution in [0.1, 0.15) is 50.2 Å². The number of hydrogen-bond acceptors (Lipinski definition) is 2. The minimum atomic E-state index is -1.17. The highest BCUT2D eigenvalue weighted by Crippen LogP contribution is 2.18. The van der Waals surface area contributed by atoms with Gasteiger partial charge in [0.1, 0.15) is 5.25 Å². The van der Waals surface area contributed by atoms with Crippen LogP contribution in [-0.4, -0.2) is 21.4 Å². The smallest absolute Gasteiger partial charge is 0.235 e. The van der Waals surface area contributed by atoms with Crippen molar-refractivity contribution in [1.29, 1.82) is 0 Å². The van der Waals surface area contributed by atoms with E-state index in [2.05, 4.69) is 5.32 Å². The Hall–Kier alpha value is -1.16. The van der Waals surface area contributed by atoms with Crippen molar-refractivity contribution in [1.82, 2.24) is 5.32 Å². The van der Waals surface area contributed by atoms with E-state index in [0.29, 0.717) is 5.75 Å². The Balaban J connectivity index is 1.87. The van der Waals surface area contributed by atoms with Crippen molar-refractivity contribution >= 4 is 16.7 Å². The predicted octanol–water partition coefficient (Wildman–Crippen LogP) is 3.08. The van der Waals surface area contributed by atoms with Crippen molar-refractivity contribution in [3.8, 4) is 0 Å². The molecule has 0 bridgehead atoms. The van der Waals surface area contributed by atoms with E-state index in [9.17, 15) is 9.00 Å². The van der Waals surface area contributed by atoms with Gasteiger partial charge in [0.15, 0.2) is 0 Å². The van der Waals surface area contributed by atoms with Crippen molar-refractivity contribution < 1.29 is 9.00 Å². The van der Waals surface area contributed by atoms with Gasteiger partial charge in [0.2, 0.25) is 5.91 Å². The van der Waals surface area contributed by atoms with Gasteiger partial charge in [0, 0.05) is 22.6 Å². The summed E-state index contributed by atoms with van der Waals surface area (Å²) < 4.78 is 12.4. The number of aryl methyl sites for hydroxylation is 1. The summed E-state index contributed by atoms with van der Waals surface area (Å²) in [5.74, 6) is 0.383. The van der Waals surface area contributed by atoms with E-state index in [1.165, 1.54) is 19.3 Å². The molecule has 21 heavy (non-hydrogen) atoms. The number of carbonyl (C=O) groups is 1. The van der Waals surface area contributed by atoms with Gasteiger partial charge in [-0.3, -0.25) is 9.00 Å². The Kier molecular flexibility index (Phi) is 5.97. The topological polar surface area (TPSA) is 46.2 Å². The van der Waals surface area contributed by atoms with E-state index >= 15 is 0 Å². The van der Waals surface area contributed by atoms with E-state index in [1.807, 2.05) is 31.2 Å². The van der Waals surface area contributed by atoms with E-state index in [-0.39, 0.29) is 11.9 Å². The second kappa shape index (κ2) is 7.74. The quantitative estimate of drug-likeness (QED) is 0.908. The molecule has 1 fully saturated rings. The third-order valence-corrected chi connectivity index (χ3v) is 5.73. The molecule has 1 aliphatic rings. The summed E-state index contributed by atoms with van der Waals surface area (Å²) in [6.07, 6.45) is 5.75. The Labute approximate surface area is 130 Å². The fourth-order valence-electron chi connectivity index (χ4n) is 2.78. The molecule has 0 aliphatic heterocycles. The normalized spacial score (nSPS) is 19.0. The van der Waals surface area contributed by atoms with Gasteiger partial charge < -0.3 is 5.32 Å². The van der Waals surface area contributed by atoms with Crippen molar-refractivity contribution in [2.24, 2.45) is 0 Å². The third kappa shape index (κ3) is 4.95. The first kappa shape index (κ1) is 16.2. The Morgan fingerprint density at radius 3 is 2.71 bits per heavy atom. The second-order valence-corrected chi connectivity index (χ2v) is 7.76. The lowest BCUT2D eigenvalue weighted by molar-refractivity contribution is -0.121. The first-order valence-electron chi connectivity index (χ1n) is 7.79. The molecule has 0 saturated heterocycles. The van der Waals surface area contributed by atoms with E-state index in [1.54, 1.807) is 6.92 Å². The van der Waals surface area contributed by atoms with Gasteiger partial charge >= 0.3 is 0 Å². The van der Waals surface area contributed by atoms with Crippen LogP contribution in [-0.2, 0) is 21.3 Å². The maximum atomic E-state index is 12.4. The van der Waals surface area contributed by atoms with Crippen LogP contribution in [0.2, 0.25) is 0 Å². The standard InChI is InChI=1S/C17H25NO2S/c1-13-7-6-8-15(11-13)12-21(20)14(2)17(19)18-16-9-4-3-5-10-16/h6-8,11,14,16H,3-5,9-10,12H2,1-2H3,(H,18,19)/t14-,21+/m0/s1. The van der Waals surface area contributed by atoms with Crippen molar-refractivity contribution in [2.75, 3.05) is 0 Å². The average Bonchev–Trinajstić information content (AvgIpc) is 2.47. The molecule has 0 spiro atoms. The van der Waals surface area contributed by atoms with Gasteiger partial charge in [-0.25, -0.2) is 0 Å². The summed E-state index contributed by atoms with van der Waals surface area (Å²) in [5.41, 5.74) is 2.19. The molecule has 4 heteroatoms. The zero-order valence-corrected chi connectivity index (χ0v) is 13.7. The van der Waals surface area contributed by atoms with Gasteiger partial charge in [-0.1, -0.05) is 49.1 Å². The zero-order valence-electron chi connectivity index (χ0n) is 12.9. The first-order chi connectivity index (χ1) is 10.1. The summed E-state index contributed by atoms with van der Waals surface area (Å²) in [6, 6.07) is 8.27. The van der Waals surface area contributed by atoms with E-state index in [4.69, 9.17) is 0 Å². The van der Waals surface area contributed by atoms with Crippen LogP contribution in [0.3, 0.4) is 0 Å². The zero-order chi connectivity index (χ0) is 15.2. The molecule has 1 aliphatic carbocycles. The fourth-order valence-corrected chi connectivity index (χ4v) is 3.84. The highest BCUT2D eigenvalue weighted by atomic mass is 32.2. The lowest BCUT2D eigenvalue weighted by atomic mass is 9.95. The van der Waals surface area contributed by atoms with Gasteiger partial charge in [-0.2, -0.15) is 0 Å². The summed E-state index contributed by atoms with van der Waals surface area (Å²) in [4.78, 5) is 12.2. The Bertz CT molecular complexity index is 509. The number of amides is 1. The number of nitrogens with one attached hydrogen (secondary N) is 1. The molecule has 0 heterocycles. The molecule has 1 aromatic carbocycles. The van der Waals surface area contributed by atoms with Crippen LogP contribution >= 0.6 is 0 Å². The SMILES string of the molecule is Cc1cccc(C[S@@](=O)[C@@H](C)C(=O)NC2CCCCC2)c1. The highest BCUT2D eigenvalue weighted by Gasteiger charge is 2.23. The van der Waals surface area contributed by atoms with Crippen molar-refractivity contribution in [3.05, 3.63) is 35.4 Å². The minimum absolute atomic E-state index is 0.0621. The number of rotatable bonds is 5. The van der Waals surface area contributed by atoms with Crippen molar-refractivity contribution in [3.63, 3.8) is 0 Å². The molecule has 3 nitrogen and oxygen atoms in total. The van der Waals surface area contributed by atoms with Crippen molar-refractivity contribution in [2.45, 2.75) is 63.0 Å². The second-order valence-electron chi connectivity index (χ2n) is 6.00. The van der Waals surface area contributed by atoms with Gasteiger partial charge in [0.05, 0.1) is 0 Å². The van der Waals surface area contributed by atoms with Crippen LogP contribution < -0.4 is 5.32 Å². The molecule has 0 unspecified atom stereocenters. The first-order valence-corrected chi connectivity index (χ1v) is 9.17. The largest absolute Gasteiger partial charge is 0.352 e. The summed E-state index contributed by atoms with van der Waals surface area (Å²) in [7, 11) is -1.17. The molecule has 116 valence electrons. The Morgan fingerprint density at radius 1 is 1.33 bits per heavy atom. The number of carbonyl (C=O) groups excluding carboxylic acids is 1.